The highest BCUT2D eigenvalue weighted by molar-refractivity contribution is 5.84. The van der Waals surface area contributed by atoms with Crippen LogP contribution in [-0.4, -0.2) is 5.78 Å². The molecule has 0 amide bonds. The van der Waals surface area contributed by atoms with Crippen LogP contribution in [0.3, 0.4) is 0 Å². The maximum Gasteiger partial charge on any atom is 0.138 e. The molecule has 0 spiro atoms. The van der Waals surface area contributed by atoms with Crippen molar-refractivity contribution in [2.75, 3.05) is 0 Å². The van der Waals surface area contributed by atoms with Crippen LogP contribution in [-0.2, 0) is 4.79 Å². The van der Waals surface area contributed by atoms with E-state index in [1.165, 1.54) is 12.8 Å². The predicted molar refractivity (Wildman–Crippen MR) is 96.7 cm³/mol. The van der Waals surface area contributed by atoms with Gasteiger partial charge in [-0.2, -0.15) is 0 Å². The van der Waals surface area contributed by atoms with E-state index in [2.05, 4.69) is 62.3 Å². The minimum atomic E-state index is -0.173. The normalized spacial score (nSPS) is 13.5. The molecule has 0 bridgehead atoms. The third kappa shape index (κ3) is 19.7. The average molecular weight is 299 g/mol. The molecule has 1 nitrogen and oxygen atoms in total. The van der Waals surface area contributed by atoms with E-state index in [0.717, 1.165) is 0 Å². The molecule has 0 atom stereocenters. The van der Waals surface area contributed by atoms with Crippen molar-refractivity contribution in [1.29, 1.82) is 0 Å². The summed E-state index contributed by atoms with van der Waals surface area (Å²) in [7, 11) is 0. The second-order valence-electron chi connectivity index (χ2n) is 11.0. The Balaban J connectivity index is 0. The monoisotopic (exact) mass is 298 g/mol. The molecule has 0 aliphatic rings. The molecule has 0 aliphatic carbocycles. The number of hydrogen-bond acceptors (Lipinski definition) is 1. The molecule has 0 saturated heterocycles. The summed E-state index contributed by atoms with van der Waals surface area (Å²) in [6.45, 7) is 26.0. The average Bonchev–Trinajstić information content (AvgIpc) is 2.09. The standard InChI is InChI=1S/C10H20O.C10H22/c1-9(2,3)7-8(11)10(4,5)6;1-9(2,3)7-8-10(4,5)6/h7H2,1-6H3;7-8H2,1-6H3. The van der Waals surface area contributed by atoms with E-state index in [1.807, 2.05) is 20.8 Å². The second-order valence-corrected chi connectivity index (χ2v) is 11.0. The molecule has 0 fully saturated rings. The Morgan fingerprint density at radius 3 is 0.952 bits per heavy atom. The summed E-state index contributed by atoms with van der Waals surface area (Å²) in [5, 5.41) is 0. The van der Waals surface area contributed by atoms with Gasteiger partial charge in [-0.05, 0) is 29.1 Å². The predicted octanol–water partition coefficient (Wildman–Crippen LogP) is 6.90. The summed E-state index contributed by atoms with van der Waals surface area (Å²) in [4.78, 5) is 11.5. The van der Waals surface area contributed by atoms with E-state index >= 15 is 0 Å². The molecule has 0 aromatic carbocycles. The summed E-state index contributed by atoms with van der Waals surface area (Å²) < 4.78 is 0. The van der Waals surface area contributed by atoms with Gasteiger partial charge in [0.2, 0.25) is 0 Å². The van der Waals surface area contributed by atoms with E-state index in [1.54, 1.807) is 0 Å². The number of hydrogen-bond donors (Lipinski definition) is 0. The molecule has 0 rings (SSSR count). The molecule has 1 heteroatoms. The maximum atomic E-state index is 11.5. The van der Waals surface area contributed by atoms with Gasteiger partial charge in [0.15, 0.2) is 0 Å². The van der Waals surface area contributed by atoms with Gasteiger partial charge in [0.25, 0.3) is 0 Å². The number of rotatable bonds is 2. The minimum Gasteiger partial charge on any atom is -0.299 e. The molecule has 0 aromatic heterocycles. The van der Waals surface area contributed by atoms with Gasteiger partial charge >= 0.3 is 0 Å². The number of ketones is 1. The van der Waals surface area contributed by atoms with Gasteiger partial charge in [-0.15, -0.1) is 0 Å². The molecule has 128 valence electrons. The van der Waals surface area contributed by atoms with Gasteiger partial charge in [0.1, 0.15) is 5.78 Å². The van der Waals surface area contributed by atoms with Gasteiger partial charge in [-0.3, -0.25) is 4.79 Å². The highest BCUT2D eigenvalue weighted by atomic mass is 16.1. The van der Waals surface area contributed by atoms with Gasteiger partial charge in [0, 0.05) is 11.8 Å². The summed E-state index contributed by atoms with van der Waals surface area (Å²) in [6.07, 6.45) is 3.34. The Kier molecular flexibility index (Phi) is 8.51. The first-order chi connectivity index (χ1) is 8.83. The topological polar surface area (TPSA) is 17.1 Å². The van der Waals surface area contributed by atoms with Crippen LogP contribution >= 0.6 is 0 Å². The molecular weight excluding hydrogens is 256 g/mol. The molecule has 0 unspecified atom stereocenters. The second kappa shape index (κ2) is 7.79. The van der Waals surface area contributed by atoms with Crippen LogP contribution in [0.2, 0.25) is 0 Å². The van der Waals surface area contributed by atoms with Crippen molar-refractivity contribution in [1.82, 2.24) is 0 Å². The zero-order chi connectivity index (χ0) is 17.7. The Labute approximate surface area is 135 Å². The molecule has 0 aromatic rings. The SMILES string of the molecule is CC(C)(C)CC(=O)C(C)(C)C.CC(C)(C)CCC(C)(C)C. The van der Waals surface area contributed by atoms with Crippen LogP contribution in [0.25, 0.3) is 0 Å². The summed E-state index contributed by atoms with van der Waals surface area (Å²) in [5.41, 5.74) is 0.970. The summed E-state index contributed by atoms with van der Waals surface area (Å²) in [6, 6.07) is 0. The van der Waals surface area contributed by atoms with Crippen molar-refractivity contribution in [3.63, 3.8) is 0 Å². The molecule has 21 heavy (non-hydrogen) atoms. The van der Waals surface area contributed by atoms with Crippen LogP contribution < -0.4 is 0 Å². The molecule has 0 heterocycles. The lowest BCUT2D eigenvalue weighted by Crippen LogP contribution is -2.25. The van der Waals surface area contributed by atoms with Gasteiger partial charge in [0.05, 0.1) is 0 Å². The third-order valence-corrected chi connectivity index (χ3v) is 3.15. The molecule has 0 N–H and O–H groups in total. The van der Waals surface area contributed by atoms with Crippen molar-refractivity contribution in [2.24, 2.45) is 21.7 Å². The van der Waals surface area contributed by atoms with Crippen LogP contribution in [0.1, 0.15) is 102 Å². The number of Topliss-reactive ketones (excluding diaryl/α,β-unsaturated/α-hetero) is 1. The Morgan fingerprint density at radius 1 is 0.571 bits per heavy atom. The van der Waals surface area contributed by atoms with Crippen molar-refractivity contribution in [3.05, 3.63) is 0 Å². The first-order valence-corrected chi connectivity index (χ1v) is 8.37. The van der Waals surface area contributed by atoms with Crippen molar-refractivity contribution in [3.8, 4) is 0 Å². The van der Waals surface area contributed by atoms with E-state index < -0.39 is 0 Å². The summed E-state index contributed by atoms with van der Waals surface area (Å²) in [5.74, 6) is 0.352. The van der Waals surface area contributed by atoms with E-state index in [4.69, 9.17) is 0 Å². The van der Waals surface area contributed by atoms with Crippen molar-refractivity contribution in [2.45, 2.75) is 102 Å². The van der Waals surface area contributed by atoms with E-state index in [-0.39, 0.29) is 10.8 Å². The van der Waals surface area contributed by atoms with Crippen LogP contribution in [0.4, 0.5) is 0 Å². The molecule has 0 saturated carbocycles. The molecule has 0 radical (unpaired) electrons. The first kappa shape index (κ1) is 22.9. The fourth-order valence-electron chi connectivity index (χ4n) is 1.50. The molecule has 0 aliphatic heterocycles. The molecular formula is C20H42O. The lowest BCUT2D eigenvalue weighted by atomic mass is 9.80. The smallest absolute Gasteiger partial charge is 0.138 e. The largest absolute Gasteiger partial charge is 0.299 e. The fraction of sp³-hybridized carbons (Fsp3) is 0.950. The van der Waals surface area contributed by atoms with Crippen molar-refractivity contribution >= 4 is 5.78 Å². The number of carbonyl (C=O) groups is 1. The Hall–Kier alpha value is -0.330. The van der Waals surface area contributed by atoms with E-state index in [0.29, 0.717) is 23.0 Å². The highest BCUT2D eigenvalue weighted by Crippen LogP contribution is 2.29. The summed E-state index contributed by atoms with van der Waals surface area (Å²) >= 11 is 0. The highest BCUT2D eigenvalue weighted by Gasteiger charge is 2.25. The zero-order valence-electron chi connectivity index (χ0n) is 17.0. The van der Waals surface area contributed by atoms with Crippen molar-refractivity contribution < 1.29 is 4.79 Å². The van der Waals surface area contributed by atoms with Gasteiger partial charge < -0.3 is 0 Å². The van der Waals surface area contributed by atoms with Crippen LogP contribution in [0.5, 0.6) is 0 Å². The Morgan fingerprint density at radius 2 is 0.857 bits per heavy atom. The minimum absolute atomic E-state index is 0.129. The lowest BCUT2D eigenvalue weighted by Gasteiger charge is -2.24. The lowest BCUT2D eigenvalue weighted by molar-refractivity contribution is -0.128. The van der Waals surface area contributed by atoms with Crippen LogP contribution in [0, 0.1) is 21.7 Å². The zero-order valence-corrected chi connectivity index (χ0v) is 17.0. The van der Waals surface area contributed by atoms with E-state index in [9.17, 15) is 4.79 Å². The maximum absolute atomic E-state index is 11.5. The van der Waals surface area contributed by atoms with Crippen LogP contribution in [0.15, 0.2) is 0 Å². The Bertz CT molecular complexity index is 283. The number of carbonyl (C=O) groups excluding carboxylic acids is 1. The fourth-order valence-corrected chi connectivity index (χ4v) is 1.50. The first-order valence-electron chi connectivity index (χ1n) is 8.37. The van der Waals surface area contributed by atoms with Gasteiger partial charge in [-0.1, -0.05) is 83.1 Å². The quantitative estimate of drug-likeness (QED) is 0.542. The third-order valence-electron chi connectivity index (χ3n) is 3.15. The van der Waals surface area contributed by atoms with Gasteiger partial charge in [-0.25, -0.2) is 0 Å².